The fourth-order valence-corrected chi connectivity index (χ4v) is 5.26. The van der Waals surface area contributed by atoms with Gasteiger partial charge in [-0.3, -0.25) is 9.59 Å². The number of hydrogen-bond donors (Lipinski definition) is 5. The Kier molecular flexibility index (Phi) is 9.98. The van der Waals surface area contributed by atoms with Crippen molar-refractivity contribution in [3.05, 3.63) is 89.5 Å². The molecule has 0 spiro atoms. The maximum Gasteiger partial charge on any atom is 0.312 e. The number of hydrogen-bond acceptors (Lipinski definition) is 5. The molecule has 222 valence electrons. The molecule has 4 rings (SSSR count). The van der Waals surface area contributed by atoms with Crippen molar-refractivity contribution in [2.75, 3.05) is 11.4 Å². The molecule has 1 aliphatic heterocycles. The molecule has 0 radical (unpaired) electrons. The number of aryl methyl sites for hydroxylation is 1. The van der Waals surface area contributed by atoms with E-state index in [0.29, 0.717) is 32.5 Å². The molecular formula is C33H41N5O4. The molecule has 1 heterocycles. The number of para-hydroxylation sites is 1. The quantitative estimate of drug-likeness (QED) is 0.239. The molecule has 0 aliphatic carbocycles. The summed E-state index contributed by atoms with van der Waals surface area (Å²) in [6, 6.07) is 22.5. The van der Waals surface area contributed by atoms with Gasteiger partial charge in [0.1, 0.15) is 6.04 Å². The number of rotatable bonds is 11. The Bertz CT molecular complexity index is 1400. The number of primary amides is 1. The summed E-state index contributed by atoms with van der Waals surface area (Å²) in [5, 5.41) is 18.5. The Morgan fingerprint density at radius 3 is 2.45 bits per heavy atom. The number of carbonyl (C=O) groups is 3. The number of nitrogens with zero attached hydrogens (tertiary/aromatic N) is 1. The Balaban J connectivity index is 1.51. The lowest BCUT2D eigenvalue weighted by molar-refractivity contribution is -0.128. The summed E-state index contributed by atoms with van der Waals surface area (Å²) in [5.41, 5.74) is 10.5. The number of fused-ring (bicyclic) bond motifs is 1. The second-order valence-corrected chi connectivity index (χ2v) is 11.6. The van der Waals surface area contributed by atoms with Gasteiger partial charge in [0.15, 0.2) is 0 Å². The predicted molar refractivity (Wildman–Crippen MR) is 165 cm³/mol. The van der Waals surface area contributed by atoms with Gasteiger partial charge in [-0.15, -0.1) is 0 Å². The van der Waals surface area contributed by atoms with Gasteiger partial charge in [-0.2, -0.15) is 0 Å². The first kappa shape index (κ1) is 30.7. The number of amides is 4. The van der Waals surface area contributed by atoms with Gasteiger partial charge in [-0.05, 0) is 67.5 Å². The first-order valence-electron chi connectivity index (χ1n) is 14.3. The molecule has 9 nitrogen and oxygen atoms in total. The van der Waals surface area contributed by atoms with Crippen molar-refractivity contribution in [3.8, 4) is 11.1 Å². The molecule has 6 N–H and O–H groups in total. The second kappa shape index (κ2) is 13.6. The van der Waals surface area contributed by atoms with E-state index in [4.69, 9.17) is 5.73 Å². The standard InChI is InChI=1S/C33H41N5O4/c1-22(39)19-36-33(2,3)18-30(40)37-28-17-16-25-8-5-7-11-29(25)38(31(28)41)21-23-12-14-24(15-13-23)27-10-6-4-9-26(27)20-35-32(34)42/h4-15,22,28,36,39H,16-21H2,1-3H3,(H,37,40)(H3,34,35,42)/t22-,28-/m1/s1. The third-order valence-corrected chi connectivity index (χ3v) is 7.44. The minimum Gasteiger partial charge on any atom is -0.392 e. The monoisotopic (exact) mass is 571 g/mol. The lowest BCUT2D eigenvalue weighted by Gasteiger charge is -2.29. The van der Waals surface area contributed by atoms with Gasteiger partial charge < -0.3 is 31.7 Å². The van der Waals surface area contributed by atoms with Gasteiger partial charge in [0, 0.05) is 30.7 Å². The summed E-state index contributed by atoms with van der Waals surface area (Å²) in [6.07, 6.45) is 0.830. The molecule has 0 bridgehead atoms. The molecule has 0 saturated heterocycles. The third-order valence-electron chi connectivity index (χ3n) is 7.44. The van der Waals surface area contributed by atoms with Crippen LogP contribution in [0.2, 0.25) is 0 Å². The molecule has 9 heteroatoms. The fourth-order valence-electron chi connectivity index (χ4n) is 5.26. The van der Waals surface area contributed by atoms with Crippen LogP contribution in [0.1, 0.15) is 50.3 Å². The topological polar surface area (TPSA) is 137 Å². The molecule has 0 fully saturated rings. The zero-order valence-electron chi connectivity index (χ0n) is 24.5. The van der Waals surface area contributed by atoms with Gasteiger partial charge in [0.25, 0.3) is 0 Å². The summed E-state index contributed by atoms with van der Waals surface area (Å²) in [5.74, 6) is -0.355. The smallest absolute Gasteiger partial charge is 0.312 e. The minimum absolute atomic E-state index is 0.144. The molecular weight excluding hydrogens is 530 g/mol. The lowest BCUT2D eigenvalue weighted by Crippen LogP contribution is -2.51. The molecule has 0 aromatic heterocycles. The van der Waals surface area contributed by atoms with E-state index < -0.39 is 23.7 Å². The fraction of sp³-hybridized carbons (Fsp3) is 0.364. The largest absolute Gasteiger partial charge is 0.392 e. The van der Waals surface area contributed by atoms with Crippen molar-refractivity contribution in [2.45, 2.75) is 70.8 Å². The van der Waals surface area contributed by atoms with Crippen LogP contribution in [0.3, 0.4) is 0 Å². The van der Waals surface area contributed by atoms with Crippen LogP contribution in [0.15, 0.2) is 72.8 Å². The molecule has 3 aromatic carbocycles. The van der Waals surface area contributed by atoms with E-state index in [2.05, 4.69) is 16.0 Å². The van der Waals surface area contributed by atoms with Crippen molar-refractivity contribution in [1.29, 1.82) is 0 Å². The van der Waals surface area contributed by atoms with Crippen LogP contribution in [0.5, 0.6) is 0 Å². The molecule has 1 aliphatic rings. The van der Waals surface area contributed by atoms with Crippen molar-refractivity contribution in [1.82, 2.24) is 16.0 Å². The Hall–Kier alpha value is -4.21. The van der Waals surface area contributed by atoms with Crippen LogP contribution in [0.4, 0.5) is 10.5 Å². The summed E-state index contributed by atoms with van der Waals surface area (Å²) in [6.45, 7) is 6.56. The molecule has 0 saturated carbocycles. The summed E-state index contributed by atoms with van der Waals surface area (Å²) in [7, 11) is 0. The van der Waals surface area contributed by atoms with E-state index in [-0.39, 0.29) is 18.2 Å². The van der Waals surface area contributed by atoms with Gasteiger partial charge >= 0.3 is 6.03 Å². The van der Waals surface area contributed by atoms with Crippen LogP contribution in [0.25, 0.3) is 11.1 Å². The Morgan fingerprint density at radius 2 is 1.74 bits per heavy atom. The molecule has 3 aromatic rings. The van der Waals surface area contributed by atoms with Crippen LogP contribution in [-0.4, -0.2) is 47.2 Å². The number of carbonyl (C=O) groups excluding carboxylic acids is 3. The first-order valence-corrected chi connectivity index (χ1v) is 14.3. The predicted octanol–water partition coefficient (Wildman–Crippen LogP) is 3.63. The average Bonchev–Trinajstić information content (AvgIpc) is 3.08. The minimum atomic E-state index is -0.652. The van der Waals surface area contributed by atoms with Crippen LogP contribution < -0.4 is 26.6 Å². The number of aliphatic hydroxyl groups is 1. The SMILES string of the molecule is C[C@@H](O)CNC(C)(C)CC(=O)N[C@@H]1CCc2ccccc2N(Cc2ccc(-c3ccccc3CNC(N)=O)cc2)C1=O. The highest BCUT2D eigenvalue weighted by molar-refractivity contribution is 6.00. The highest BCUT2D eigenvalue weighted by Crippen LogP contribution is 2.30. The number of nitrogens with two attached hydrogens (primary N) is 1. The second-order valence-electron chi connectivity index (χ2n) is 11.6. The molecule has 0 unspecified atom stereocenters. The molecule has 42 heavy (non-hydrogen) atoms. The van der Waals surface area contributed by atoms with E-state index in [1.54, 1.807) is 11.8 Å². The number of anilines is 1. The Labute approximate surface area is 247 Å². The van der Waals surface area contributed by atoms with Gasteiger partial charge in [0.2, 0.25) is 11.8 Å². The first-order chi connectivity index (χ1) is 20.0. The number of urea groups is 1. The molecule has 4 amide bonds. The van der Waals surface area contributed by atoms with Gasteiger partial charge in [-0.1, -0.05) is 66.7 Å². The normalized spacial score (nSPS) is 15.9. The van der Waals surface area contributed by atoms with Crippen LogP contribution >= 0.6 is 0 Å². The van der Waals surface area contributed by atoms with Crippen LogP contribution in [-0.2, 0) is 29.1 Å². The zero-order chi connectivity index (χ0) is 30.3. The number of aliphatic hydroxyl groups excluding tert-OH is 1. The third kappa shape index (κ3) is 8.18. The van der Waals surface area contributed by atoms with Crippen molar-refractivity contribution in [2.24, 2.45) is 5.73 Å². The van der Waals surface area contributed by atoms with E-state index in [1.165, 1.54) is 0 Å². The summed E-state index contributed by atoms with van der Waals surface area (Å²) in [4.78, 5) is 39.9. The highest BCUT2D eigenvalue weighted by Gasteiger charge is 2.32. The van der Waals surface area contributed by atoms with Gasteiger partial charge in [-0.25, -0.2) is 4.79 Å². The zero-order valence-corrected chi connectivity index (χ0v) is 24.5. The van der Waals surface area contributed by atoms with Crippen molar-refractivity contribution < 1.29 is 19.5 Å². The number of β-amino-alcohol motifs (C(OH)–C–C–N with tert-alkyl or cyclic N) is 1. The van der Waals surface area contributed by atoms with E-state index in [1.807, 2.05) is 86.6 Å². The maximum absolute atomic E-state index is 13.9. The molecule has 2 atom stereocenters. The van der Waals surface area contributed by atoms with Gasteiger partial charge in [0.05, 0.1) is 12.6 Å². The highest BCUT2D eigenvalue weighted by atomic mass is 16.3. The average molecular weight is 572 g/mol. The summed E-state index contributed by atoms with van der Waals surface area (Å²) < 4.78 is 0. The lowest BCUT2D eigenvalue weighted by atomic mass is 9.98. The van der Waals surface area contributed by atoms with E-state index in [9.17, 15) is 19.5 Å². The summed E-state index contributed by atoms with van der Waals surface area (Å²) >= 11 is 0. The Morgan fingerprint density at radius 1 is 1.05 bits per heavy atom. The number of nitrogens with one attached hydrogen (secondary N) is 3. The maximum atomic E-state index is 13.9. The van der Waals surface area contributed by atoms with Crippen LogP contribution in [0, 0.1) is 0 Å². The van der Waals surface area contributed by atoms with E-state index >= 15 is 0 Å². The van der Waals surface area contributed by atoms with Crippen molar-refractivity contribution in [3.63, 3.8) is 0 Å². The number of benzene rings is 3. The van der Waals surface area contributed by atoms with Crippen molar-refractivity contribution >= 4 is 23.5 Å². The van der Waals surface area contributed by atoms with E-state index in [0.717, 1.165) is 33.5 Å².